The number of fused-ring (bicyclic) bond motifs is 1. The third kappa shape index (κ3) is 3.37. The van der Waals surface area contributed by atoms with E-state index >= 15 is 0 Å². The molecule has 2 aliphatic heterocycles. The van der Waals surface area contributed by atoms with Gasteiger partial charge < -0.3 is 15.1 Å². The lowest BCUT2D eigenvalue weighted by molar-refractivity contribution is -0.149. The molecule has 8 heteroatoms. The summed E-state index contributed by atoms with van der Waals surface area (Å²) < 4.78 is 1.06. The van der Waals surface area contributed by atoms with Crippen molar-refractivity contribution in [1.82, 2.24) is 14.8 Å². The lowest BCUT2D eigenvalue weighted by Crippen LogP contribution is -2.58. The smallest absolute Gasteiger partial charge is 0.245 e. The lowest BCUT2D eigenvalue weighted by atomic mass is 9.97. The predicted octanol–water partition coefficient (Wildman–Crippen LogP) is 2.32. The summed E-state index contributed by atoms with van der Waals surface area (Å²) in [5.41, 5.74) is 3.19. The van der Waals surface area contributed by atoms with Gasteiger partial charge in [0.2, 0.25) is 17.7 Å². The molecule has 2 aliphatic rings. The predicted molar refractivity (Wildman–Crippen MR) is 108 cm³/mol. The Hall–Kier alpha value is -2.48. The number of benzene rings is 1. The third-order valence-corrected chi connectivity index (χ3v) is 6.48. The highest BCUT2D eigenvalue weighted by Gasteiger charge is 2.42. The zero-order chi connectivity index (χ0) is 20.0. The molecular formula is C20H24N4O3S. The minimum Gasteiger partial charge on any atom is -0.339 e. The summed E-state index contributed by atoms with van der Waals surface area (Å²) in [5, 5.41) is 3.50. The van der Waals surface area contributed by atoms with Gasteiger partial charge in [-0.2, -0.15) is 0 Å². The summed E-state index contributed by atoms with van der Waals surface area (Å²) >= 11 is 1.47. The van der Waals surface area contributed by atoms with E-state index in [0.717, 1.165) is 22.2 Å². The standard InChI is InChI=1S/C20H24N4O3S/c1-11-7-12(2)17-16(8-11)28-20(21-17)22-18(26)14-9-23(10-14)19(27)15-5-4-6-24(15)13(3)25/h7-8,14-15H,4-6,9-10H2,1-3H3,(H,21,22,26)/t15-/m1/s1. The number of carbonyl (C=O) groups excluding carboxylic acids is 3. The Bertz CT molecular complexity index is 964. The highest BCUT2D eigenvalue weighted by Crippen LogP contribution is 2.30. The maximum atomic E-state index is 12.6. The number of hydrogen-bond donors (Lipinski definition) is 1. The van der Waals surface area contributed by atoms with E-state index in [-0.39, 0.29) is 29.7 Å². The minimum atomic E-state index is -0.364. The zero-order valence-corrected chi connectivity index (χ0v) is 17.1. The van der Waals surface area contributed by atoms with Crippen LogP contribution in [0.3, 0.4) is 0 Å². The topological polar surface area (TPSA) is 82.6 Å². The van der Waals surface area contributed by atoms with Crippen LogP contribution in [0.2, 0.25) is 0 Å². The van der Waals surface area contributed by atoms with Crippen molar-refractivity contribution in [2.45, 2.75) is 39.7 Å². The van der Waals surface area contributed by atoms with Crippen molar-refractivity contribution < 1.29 is 14.4 Å². The lowest BCUT2D eigenvalue weighted by Gasteiger charge is -2.40. The van der Waals surface area contributed by atoms with E-state index in [2.05, 4.69) is 22.4 Å². The number of aryl methyl sites for hydroxylation is 2. The van der Waals surface area contributed by atoms with Gasteiger partial charge in [0.15, 0.2) is 5.13 Å². The highest BCUT2D eigenvalue weighted by molar-refractivity contribution is 7.22. The molecule has 2 saturated heterocycles. The van der Waals surface area contributed by atoms with Crippen LogP contribution in [0.25, 0.3) is 10.2 Å². The Morgan fingerprint density at radius 1 is 1.21 bits per heavy atom. The van der Waals surface area contributed by atoms with Crippen LogP contribution in [0.5, 0.6) is 0 Å². The molecule has 1 N–H and O–H groups in total. The molecule has 0 spiro atoms. The molecule has 1 aromatic carbocycles. The summed E-state index contributed by atoms with van der Waals surface area (Å²) in [6.07, 6.45) is 1.56. The van der Waals surface area contributed by atoms with Crippen LogP contribution in [0, 0.1) is 19.8 Å². The molecule has 1 atom stereocenters. The van der Waals surface area contributed by atoms with Crippen LogP contribution in [-0.2, 0) is 14.4 Å². The SMILES string of the molecule is CC(=O)N1CCC[C@@H]1C(=O)N1CC(C(=O)Nc2nc3c(C)cc(C)cc3s2)C1. The summed E-state index contributed by atoms with van der Waals surface area (Å²) in [6.45, 7) is 7.00. The first-order valence-electron chi connectivity index (χ1n) is 9.58. The van der Waals surface area contributed by atoms with Crippen molar-refractivity contribution >= 4 is 44.4 Å². The van der Waals surface area contributed by atoms with E-state index in [0.29, 0.717) is 31.2 Å². The van der Waals surface area contributed by atoms with Crippen molar-refractivity contribution in [3.05, 3.63) is 23.3 Å². The van der Waals surface area contributed by atoms with Gasteiger partial charge in [0.05, 0.1) is 16.1 Å². The molecular weight excluding hydrogens is 376 g/mol. The largest absolute Gasteiger partial charge is 0.339 e. The molecule has 0 aliphatic carbocycles. The van der Waals surface area contributed by atoms with E-state index in [1.165, 1.54) is 23.8 Å². The second-order valence-electron chi connectivity index (χ2n) is 7.75. The quantitative estimate of drug-likeness (QED) is 0.857. The zero-order valence-electron chi connectivity index (χ0n) is 16.3. The maximum Gasteiger partial charge on any atom is 0.245 e. The second kappa shape index (κ2) is 7.16. The summed E-state index contributed by atoms with van der Waals surface area (Å²) in [4.78, 5) is 44.7. The Balaban J connectivity index is 1.36. The third-order valence-electron chi connectivity index (χ3n) is 5.57. The molecule has 1 aromatic heterocycles. The normalized spacial score (nSPS) is 19.8. The molecule has 148 valence electrons. The Morgan fingerprint density at radius 2 is 1.96 bits per heavy atom. The second-order valence-corrected chi connectivity index (χ2v) is 8.78. The molecule has 0 unspecified atom stereocenters. The molecule has 0 saturated carbocycles. The number of likely N-dealkylation sites (tertiary alicyclic amines) is 2. The number of amides is 3. The number of anilines is 1. The van der Waals surface area contributed by atoms with Crippen LogP contribution in [0.4, 0.5) is 5.13 Å². The molecule has 28 heavy (non-hydrogen) atoms. The first kappa shape index (κ1) is 18.9. The van der Waals surface area contributed by atoms with Gasteiger partial charge in [-0.05, 0) is 43.9 Å². The molecule has 4 rings (SSSR count). The number of carbonyl (C=O) groups is 3. The average molecular weight is 401 g/mol. The van der Waals surface area contributed by atoms with Crippen LogP contribution >= 0.6 is 11.3 Å². The number of aromatic nitrogens is 1. The van der Waals surface area contributed by atoms with Gasteiger partial charge in [0.25, 0.3) is 0 Å². The first-order valence-corrected chi connectivity index (χ1v) is 10.4. The fourth-order valence-corrected chi connectivity index (χ4v) is 5.11. The number of thiazole rings is 1. The van der Waals surface area contributed by atoms with Gasteiger partial charge in [-0.25, -0.2) is 4.98 Å². The van der Waals surface area contributed by atoms with Crippen molar-refractivity contribution in [3.8, 4) is 0 Å². The van der Waals surface area contributed by atoms with Gasteiger partial charge in [-0.15, -0.1) is 0 Å². The van der Waals surface area contributed by atoms with Gasteiger partial charge in [-0.3, -0.25) is 14.4 Å². The first-order chi connectivity index (χ1) is 13.3. The Kier molecular flexibility index (Phi) is 4.82. The summed E-state index contributed by atoms with van der Waals surface area (Å²) in [5.74, 6) is -0.437. The number of nitrogens with one attached hydrogen (secondary N) is 1. The molecule has 2 fully saturated rings. The number of rotatable bonds is 3. The molecule has 3 amide bonds. The van der Waals surface area contributed by atoms with Crippen LogP contribution in [0.15, 0.2) is 12.1 Å². The van der Waals surface area contributed by atoms with Gasteiger partial charge in [0.1, 0.15) is 6.04 Å². The van der Waals surface area contributed by atoms with E-state index < -0.39 is 0 Å². The van der Waals surface area contributed by atoms with Crippen molar-refractivity contribution in [3.63, 3.8) is 0 Å². The molecule has 2 aromatic rings. The average Bonchev–Trinajstić information content (AvgIpc) is 3.19. The van der Waals surface area contributed by atoms with E-state index in [1.807, 2.05) is 13.8 Å². The number of nitrogens with zero attached hydrogens (tertiary/aromatic N) is 3. The minimum absolute atomic E-state index is 0.0390. The fourth-order valence-electron chi connectivity index (χ4n) is 4.07. The Labute approximate surface area is 167 Å². The van der Waals surface area contributed by atoms with E-state index in [1.54, 1.807) is 9.80 Å². The fraction of sp³-hybridized carbons (Fsp3) is 0.500. The monoisotopic (exact) mass is 400 g/mol. The molecule has 3 heterocycles. The summed E-state index contributed by atoms with van der Waals surface area (Å²) in [7, 11) is 0. The number of hydrogen-bond acceptors (Lipinski definition) is 5. The van der Waals surface area contributed by atoms with Crippen molar-refractivity contribution in [2.24, 2.45) is 5.92 Å². The van der Waals surface area contributed by atoms with Gasteiger partial charge in [0, 0.05) is 26.6 Å². The van der Waals surface area contributed by atoms with E-state index in [4.69, 9.17) is 0 Å². The molecule has 0 bridgehead atoms. The van der Waals surface area contributed by atoms with Gasteiger partial charge >= 0.3 is 0 Å². The van der Waals surface area contributed by atoms with Crippen LogP contribution in [-0.4, -0.2) is 58.2 Å². The highest BCUT2D eigenvalue weighted by atomic mass is 32.1. The van der Waals surface area contributed by atoms with Gasteiger partial charge in [-0.1, -0.05) is 17.4 Å². The molecule has 7 nitrogen and oxygen atoms in total. The van der Waals surface area contributed by atoms with Crippen molar-refractivity contribution in [1.29, 1.82) is 0 Å². The summed E-state index contributed by atoms with van der Waals surface area (Å²) in [6, 6.07) is 3.79. The van der Waals surface area contributed by atoms with E-state index in [9.17, 15) is 14.4 Å². The van der Waals surface area contributed by atoms with Crippen LogP contribution in [0.1, 0.15) is 30.9 Å². The maximum absolute atomic E-state index is 12.6. The van der Waals surface area contributed by atoms with Crippen molar-refractivity contribution in [2.75, 3.05) is 25.0 Å². The molecule has 0 radical (unpaired) electrons. The Morgan fingerprint density at radius 3 is 2.68 bits per heavy atom. The van der Waals surface area contributed by atoms with Crippen LogP contribution < -0.4 is 5.32 Å².